The summed E-state index contributed by atoms with van der Waals surface area (Å²) in [5, 5.41) is 0. The third-order valence-corrected chi connectivity index (χ3v) is 2.05. The highest BCUT2D eigenvalue weighted by atomic mass is 19.4. The predicted octanol–water partition coefficient (Wildman–Crippen LogP) is 2.37. The summed E-state index contributed by atoms with van der Waals surface area (Å²) in [4.78, 5) is 0. The number of hydrogen-bond donors (Lipinski definition) is 1. The van der Waals surface area contributed by atoms with Crippen LogP contribution in [0.4, 0.5) is 13.2 Å². The lowest BCUT2D eigenvalue weighted by Gasteiger charge is -2.11. The standard InChI is InChI=1S/C11H14F3NO2/c1-8-2-3-9(5-15)4-10(8)17-7-16-6-11(12,13)14/h2-4H,5-7,15H2,1H3. The van der Waals surface area contributed by atoms with Gasteiger partial charge in [-0.25, -0.2) is 0 Å². The molecule has 0 saturated heterocycles. The van der Waals surface area contributed by atoms with Gasteiger partial charge in [0.25, 0.3) is 0 Å². The van der Waals surface area contributed by atoms with Gasteiger partial charge in [0, 0.05) is 6.54 Å². The SMILES string of the molecule is Cc1ccc(CN)cc1OCOCC(F)(F)F. The van der Waals surface area contributed by atoms with Gasteiger partial charge in [-0.1, -0.05) is 12.1 Å². The molecule has 0 unspecified atom stereocenters. The van der Waals surface area contributed by atoms with Crippen LogP contribution >= 0.6 is 0 Å². The van der Waals surface area contributed by atoms with Crippen molar-refractivity contribution >= 4 is 0 Å². The number of halogens is 3. The molecule has 6 heteroatoms. The Morgan fingerprint density at radius 3 is 2.59 bits per heavy atom. The molecule has 1 rings (SSSR count). The van der Waals surface area contributed by atoms with E-state index in [2.05, 4.69) is 4.74 Å². The largest absolute Gasteiger partial charge is 0.467 e. The van der Waals surface area contributed by atoms with Gasteiger partial charge in [-0.05, 0) is 24.1 Å². The monoisotopic (exact) mass is 249 g/mol. The average Bonchev–Trinajstić information content (AvgIpc) is 2.25. The fraction of sp³-hybridized carbons (Fsp3) is 0.455. The molecule has 0 aromatic heterocycles. The summed E-state index contributed by atoms with van der Waals surface area (Å²) in [7, 11) is 0. The lowest BCUT2D eigenvalue weighted by molar-refractivity contribution is -0.186. The summed E-state index contributed by atoms with van der Waals surface area (Å²) in [6.45, 7) is 0.385. The molecule has 0 spiro atoms. The van der Waals surface area contributed by atoms with E-state index in [-0.39, 0.29) is 0 Å². The summed E-state index contributed by atoms with van der Waals surface area (Å²) in [6, 6.07) is 5.31. The molecule has 0 aliphatic heterocycles. The number of nitrogens with two attached hydrogens (primary N) is 1. The summed E-state index contributed by atoms with van der Waals surface area (Å²) in [5.41, 5.74) is 7.11. The fourth-order valence-electron chi connectivity index (χ4n) is 1.19. The molecular weight excluding hydrogens is 235 g/mol. The van der Waals surface area contributed by atoms with Crippen molar-refractivity contribution in [3.8, 4) is 5.75 Å². The van der Waals surface area contributed by atoms with Crippen molar-refractivity contribution in [1.29, 1.82) is 0 Å². The molecule has 0 fully saturated rings. The zero-order valence-electron chi connectivity index (χ0n) is 9.38. The van der Waals surface area contributed by atoms with Crippen LogP contribution < -0.4 is 10.5 Å². The average molecular weight is 249 g/mol. The molecule has 3 nitrogen and oxygen atoms in total. The lowest BCUT2D eigenvalue weighted by atomic mass is 10.1. The Morgan fingerprint density at radius 2 is 2.00 bits per heavy atom. The van der Waals surface area contributed by atoms with Crippen LogP contribution in [0.5, 0.6) is 5.75 Å². The van der Waals surface area contributed by atoms with E-state index < -0.39 is 19.6 Å². The number of aryl methyl sites for hydroxylation is 1. The maximum atomic E-state index is 11.8. The Kier molecular flexibility index (Phi) is 4.77. The molecule has 0 heterocycles. The topological polar surface area (TPSA) is 44.5 Å². The minimum Gasteiger partial charge on any atom is -0.467 e. The number of alkyl halides is 3. The fourth-order valence-corrected chi connectivity index (χ4v) is 1.19. The van der Waals surface area contributed by atoms with Gasteiger partial charge in [-0.3, -0.25) is 0 Å². The first kappa shape index (κ1) is 13.8. The zero-order valence-corrected chi connectivity index (χ0v) is 9.38. The van der Waals surface area contributed by atoms with Crippen molar-refractivity contribution < 1.29 is 22.6 Å². The second-order valence-corrected chi connectivity index (χ2v) is 3.53. The molecule has 0 aliphatic rings. The predicted molar refractivity (Wildman–Crippen MR) is 56.6 cm³/mol. The van der Waals surface area contributed by atoms with Gasteiger partial charge in [0.2, 0.25) is 0 Å². The Labute approximate surface area is 97.3 Å². The highest BCUT2D eigenvalue weighted by Gasteiger charge is 2.27. The molecule has 2 N–H and O–H groups in total. The number of ether oxygens (including phenoxy) is 2. The van der Waals surface area contributed by atoms with E-state index in [4.69, 9.17) is 10.5 Å². The van der Waals surface area contributed by atoms with E-state index in [0.29, 0.717) is 12.3 Å². The van der Waals surface area contributed by atoms with E-state index in [1.807, 2.05) is 6.07 Å². The Morgan fingerprint density at radius 1 is 1.29 bits per heavy atom. The summed E-state index contributed by atoms with van der Waals surface area (Å²) >= 11 is 0. The molecule has 96 valence electrons. The van der Waals surface area contributed by atoms with Crippen molar-refractivity contribution in [2.75, 3.05) is 13.4 Å². The van der Waals surface area contributed by atoms with Gasteiger partial charge in [0.1, 0.15) is 12.4 Å². The van der Waals surface area contributed by atoms with Crippen LogP contribution in [0.15, 0.2) is 18.2 Å². The van der Waals surface area contributed by atoms with Crippen LogP contribution in [0.1, 0.15) is 11.1 Å². The molecular formula is C11H14F3NO2. The van der Waals surface area contributed by atoms with Crippen LogP contribution in [-0.2, 0) is 11.3 Å². The smallest absolute Gasteiger partial charge is 0.411 e. The molecule has 0 radical (unpaired) electrons. The van der Waals surface area contributed by atoms with Crippen molar-refractivity contribution in [3.63, 3.8) is 0 Å². The molecule has 17 heavy (non-hydrogen) atoms. The van der Waals surface area contributed by atoms with E-state index in [0.717, 1.165) is 11.1 Å². The van der Waals surface area contributed by atoms with Crippen LogP contribution in [0.2, 0.25) is 0 Å². The molecule has 0 aliphatic carbocycles. The lowest BCUT2D eigenvalue weighted by Crippen LogP contribution is -2.19. The normalized spacial score (nSPS) is 11.6. The number of rotatable bonds is 5. The molecule has 1 aromatic carbocycles. The Hall–Kier alpha value is -1.27. The van der Waals surface area contributed by atoms with Gasteiger partial charge in [-0.2, -0.15) is 13.2 Å². The van der Waals surface area contributed by atoms with Crippen molar-refractivity contribution in [1.82, 2.24) is 0 Å². The first-order valence-electron chi connectivity index (χ1n) is 4.99. The number of benzene rings is 1. The highest BCUT2D eigenvalue weighted by molar-refractivity contribution is 5.36. The van der Waals surface area contributed by atoms with Gasteiger partial charge < -0.3 is 15.2 Å². The van der Waals surface area contributed by atoms with E-state index in [1.165, 1.54) is 0 Å². The molecule has 0 amide bonds. The molecule has 1 aromatic rings. The third-order valence-electron chi connectivity index (χ3n) is 2.05. The molecule has 0 atom stereocenters. The second-order valence-electron chi connectivity index (χ2n) is 3.53. The maximum Gasteiger partial charge on any atom is 0.411 e. The third kappa shape index (κ3) is 5.06. The Balaban J connectivity index is 2.46. The Bertz CT molecular complexity index is 366. The van der Waals surface area contributed by atoms with Crippen molar-refractivity contribution in [3.05, 3.63) is 29.3 Å². The summed E-state index contributed by atoms with van der Waals surface area (Å²) < 4.78 is 44.8. The molecule has 0 saturated carbocycles. The van der Waals surface area contributed by atoms with E-state index >= 15 is 0 Å². The minimum absolute atomic E-state index is 0.347. The molecule has 0 bridgehead atoms. The highest BCUT2D eigenvalue weighted by Crippen LogP contribution is 2.20. The second kappa shape index (κ2) is 5.88. The van der Waals surface area contributed by atoms with Crippen LogP contribution in [-0.4, -0.2) is 19.6 Å². The van der Waals surface area contributed by atoms with Crippen LogP contribution in [0.25, 0.3) is 0 Å². The van der Waals surface area contributed by atoms with Gasteiger partial charge in [0.15, 0.2) is 6.79 Å². The van der Waals surface area contributed by atoms with Crippen LogP contribution in [0.3, 0.4) is 0 Å². The summed E-state index contributed by atoms with van der Waals surface area (Å²) in [5.74, 6) is 0.482. The maximum absolute atomic E-state index is 11.8. The van der Waals surface area contributed by atoms with E-state index in [9.17, 15) is 13.2 Å². The van der Waals surface area contributed by atoms with Gasteiger partial charge in [0.05, 0.1) is 0 Å². The zero-order chi connectivity index (χ0) is 12.9. The van der Waals surface area contributed by atoms with Gasteiger partial charge >= 0.3 is 6.18 Å². The minimum atomic E-state index is -4.34. The quantitative estimate of drug-likeness (QED) is 0.643. The first-order valence-corrected chi connectivity index (χ1v) is 4.99. The van der Waals surface area contributed by atoms with Gasteiger partial charge in [-0.15, -0.1) is 0 Å². The first-order chi connectivity index (χ1) is 7.92. The van der Waals surface area contributed by atoms with Crippen molar-refractivity contribution in [2.24, 2.45) is 5.73 Å². The van der Waals surface area contributed by atoms with Crippen LogP contribution in [0, 0.1) is 6.92 Å². The summed E-state index contributed by atoms with van der Waals surface area (Å²) in [6.07, 6.45) is -4.34. The van der Waals surface area contributed by atoms with Crippen molar-refractivity contribution in [2.45, 2.75) is 19.6 Å². The number of hydrogen-bond acceptors (Lipinski definition) is 3. The van der Waals surface area contributed by atoms with E-state index in [1.54, 1.807) is 19.1 Å².